The fraction of sp³-hybridized carbons (Fsp3) is 0.571. The van der Waals surface area contributed by atoms with Gasteiger partial charge in [-0.1, -0.05) is 6.92 Å². The van der Waals surface area contributed by atoms with Crippen molar-refractivity contribution in [3.63, 3.8) is 0 Å². The van der Waals surface area contributed by atoms with E-state index in [-0.39, 0.29) is 18.3 Å². The van der Waals surface area contributed by atoms with Crippen LogP contribution in [0, 0.1) is 5.82 Å². The lowest BCUT2D eigenvalue weighted by atomic mass is 9.90. The molecule has 0 aliphatic heterocycles. The van der Waals surface area contributed by atoms with E-state index in [4.69, 9.17) is 15.2 Å². The van der Waals surface area contributed by atoms with E-state index < -0.39 is 6.10 Å². The van der Waals surface area contributed by atoms with Crippen LogP contribution >= 0.6 is 0 Å². The zero-order valence-electron chi connectivity index (χ0n) is 11.6. The molecule has 1 aromatic carbocycles. The van der Waals surface area contributed by atoms with Gasteiger partial charge in [0.05, 0.1) is 20.3 Å². The Bertz CT molecular complexity index is 412. The SMILES string of the molecule is CCC(CC(O)CN)c1cc(OC)c(OC)cc1F. The second-order valence-electron chi connectivity index (χ2n) is 4.46. The zero-order valence-corrected chi connectivity index (χ0v) is 11.6. The summed E-state index contributed by atoms with van der Waals surface area (Å²) >= 11 is 0. The molecule has 2 atom stereocenters. The minimum atomic E-state index is -0.627. The van der Waals surface area contributed by atoms with Gasteiger partial charge in [-0.25, -0.2) is 4.39 Å². The van der Waals surface area contributed by atoms with Gasteiger partial charge in [0, 0.05) is 12.6 Å². The van der Waals surface area contributed by atoms with E-state index in [9.17, 15) is 9.50 Å². The van der Waals surface area contributed by atoms with Gasteiger partial charge in [0.2, 0.25) is 0 Å². The van der Waals surface area contributed by atoms with Gasteiger partial charge in [-0.15, -0.1) is 0 Å². The van der Waals surface area contributed by atoms with Crippen molar-refractivity contribution >= 4 is 0 Å². The van der Waals surface area contributed by atoms with Crippen LogP contribution in [0.15, 0.2) is 12.1 Å². The van der Waals surface area contributed by atoms with Crippen LogP contribution in [0.25, 0.3) is 0 Å². The minimum Gasteiger partial charge on any atom is -0.493 e. The van der Waals surface area contributed by atoms with Crippen LogP contribution in [0.4, 0.5) is 4.39 Å². The molecule has 0 saturated heterocycles. The first-order valence-corrected chi connectivity index (χ1v) is 6.36. The summed E-state index contributed by atoms with van der Waals surface area (Å²) in [4.78, 5) is 0. The lowest BCUT2D eigenvalue weighted by Crippen LogP contribution is -2.22. The molecule has 0 heterocycles. The number of aliphatic hydroxyl groups is 1. The van der Waals surface area contributed by atoms with E-state index in [1.165, 1.54) is 20.3 Å². The lowest BCUT2D eigenvalue weighted by molar-refractivity contribution is 0.161. The molecule has 19 heavy (non-hydrogen) atoms. The molecular weight excluding hydrogens is 249 g/mol. The van der Waals surface area contributed by atoms with Crippen molar-refractivity contribution in [2.24, 2.45) is 5.73 Å². The molecule has 2 unspecified atom stereocenters. The van der Waals surface area contributed by atoms with E-state index in [2.05, 4.69) is 0 Å². The highest BCUT2D eigenvalue weighted by Crippen LogP contribution is 2.35. The summed E-state index contributed by atoms with van der Waals surface area (Å²) in [5.41, 5.74) is 5.93. The quantitative estimate of drug-likeness (QED) is 0.796. The number of nitrogens with two attached hydrogens (primary N) is 1. The van der Waals surface area contributed by atoms with Crippen LogP contribution in [0.2, 0.25) is 0 Å². The summed E-state index contributed by atoms with van der Waals surface area (Å²) in [7, 11) is 2.97. The van der Waals surface area contributed by atoms with E-state index in [1.54, 1.807) is 6.07 Å². The van der Waals surface area contributed by atoms with E-state index in [0.29, 0.717) is 29.9 Å². The summed E-state index contributed by atoms with van der Waals surface area (Å²) in [5.74, 6) is 0.393. The molecule has 1 aromatic rings. The number of benzene rings is 1. The number of hydrogen-bond acceptors (Lipinski definition) is 4. The minimum absolute atomic E-state index is 0.0987. The molecule has 108 valence electrons. The Morgan fingerprint density at radius 3 is 2.32 bits per heavy atom. The fourth-order valence-electron chi connectivity index (χ4n) is 2.12. The molecule has 0 fully saturated rings. The predicted molar refractivity (Wildman–Crippen MR) is 72.2 cm³/mol. The van der Waals surface area contributed by atoms with E-state index in [0.717, 1.165) is 0 Å². The first-order valence-electron chi connectivity index (χ1n) is 6.36. The van der Waals surface area contributed by atoms with Crippen LogP contribution < -0.4 is 15.2 Å². The number of rotatable bonds is 7. The number of methoxy groups -OCH3 is 2. The Hall–Kier alpha value is -1.33. The standard InChI is InChI=1S/C14H22FNO3/c1-4-9(5-10(17)8-16)11-6-13(18-2)14(19-3)7-12(11)15/h6-7,9-10,17H,4-5,8,16H2,1-3H3. The summed E-state index contributed by atoms with van der Waals surface area (Å²) < 4.78 is 24.3. The molecule has 0 amide bonds. The molecule has 0 spiro atoms. The summed E-state index contributed by atoms with van der Waals surface area (Å²) in [6, 6.07) is 2.94. The highest BCUT2D eigenvalue weighted by molar-refractivity contribution is 5.44. The third-order valence-corrected chi connectivity index (χ3v) is 3.26. The molecule has 1 rings (SSSR count). The molecule has 0 aliphatic carbocycles. The van der Waals surface area contributed by atoms with Crippen LogP contribution in [0.1, 0.15) is 31.2 Å². The summed E-state index contributed by atoms with van der Waals surface area (Å²) in [5, 5.41) is 9.64. The van der Waals surface area contributed by atoms with Crippen LogP contribution in [-0.4, -0.2) is 32.0 Å². The number of ether oxygens (including phenoxy) is 2. The molecule has 5 heteroatoms. The maximum absolute atomic E-state index is 14.1. The molecule has 0 aromatic heterocycles. The lowest BCUT2D eigenvalue weighted by Gasteiger charge is -2.20. The first-order chi connectivity index (χ1) is 9.07. The maximum Gasteiger partial charge on any atom is 0.163 e. The third kappa shape index (κ3) is 3.81. The molecular formula is C14H22FNO3. The number of hydrogen-bond donors (Lipinski definition) is 2. The average molecular weight is 271 g/mol. The Balaban J connectivity index is 3.09. The normalized spacial score (nSPS) is 14.0. The second kappa shape index (κ2) is 7.31. The molecule has 0 saturated carbocycles. The highest BCUT2D eigenvalue weighted by Gasteiger charge is 2.20. The van der Waals surface area contributed by atoms with Crippen LogP contribution in [-0.2, 0) is 0 Å². The van der Waals surface area contributed by atoms with Gasteiger partial charge in [0.25, 0.3) is 0 Å². The maximum atomic E-state index is 14.1. The second-order valence-corrected chi connectivity index (χ2v) is 4.46. The predicted octanol–water partition coefficient (Wildman–Crippen LogP) is 2.05. The number of aliphatic hydroxyl groups excluding tert-OH is 1. The average Bonchev–Trinajstić information content (AvgIpc) is 2.44. The zero-order chi connectivity index (χ0) is 14.4. The first kappa shape index (κ1) is 15.7. The number of halogens is 1. The monoisotopic (exact) mass is 271 g/mol. The van der Waals surface area contributed by atoms with E-state index >= 15 is 0 Å². The van der Waals surface area contributed by atoms with Crippen molar-refractivity contribution in [2.75, 3.05) is 20.8 Å². The van der Waals surface area contributed by atoms with Crippen molar-refractivity contribution in [3.05, 3.63) is 23.5 Å². The highest BCUT2D eigenvalue weighted by atomic mass is 19.1. The van der Waals surface area contributed by atoms with Crippen molar-refractivity contribution in [1.82, 2.24) is 0 Å². The van der Waals surface area contributed by atoms with Crippen molar-refractivity contribution in [1.29, 1.82) is 0 Å². The van der Waals surface area contributed by atoms with Gasteiger partial charge >= 0.3 is 0 Å². The Morgan fingerprint density at radius 2 is 1.84 bits per heavy atom. The van der Waals surface area contributed by atoms with E-state index in [1.807, 2.05) is 6.92 Å². The third-order valence-electron chi connectivity index (χ3n) is 3.26. The Labute approximate surface area is 113 Å². The molecule has 3 N–H and O–H groups in total. The van der Waals surface area contributed by atoms with Gasteiger partial charge in [-0.05, 0) is 30.4 Å². The van der Waals surface area contributed by atoms with Crippen molar-refractivity contribution < 1.29 is 19.0 Å². The van der Waals surface area contributed by atoms with Crippen molar-refractivity contribution in [3.8, 4) is 11.5 Å². The van der Waals surface area contributed by atoms with Gasteiger partial charge in [-0.2, -0.15) is 0 Å². The Morgan fingerprint density at radius 1 is 1.26 bits per heavy atom. The molecule has 0 bridgehead atoms. The molecule has 0 aliphatic rings. The summed E-state index contributed by atoms with van der Waals surface area (Å²) in [6.45, 7) is 2.12. The largest absolute Gasteiger partial charge is 0.493 e. The van der Waals surface area contributed by atoms with Crippen molar-refractivity contribution in [2.45, 2.75) is 31.8 Å². The van der Waals surface area contributed by atoms with Gasteiger partial charge < -0.3 is 20.3 Å². The fourth-order valence-corrected chi connectivity index (χ4v) is 2.12. The smallest absolute Gasteiger partial charge is 0.163 e. The van der Waals surface area contributed by atoms with Gasteiger partial charge in [-0.3, -0.25) is 0 Å². The topological polar surface area (TPSA) is 64.7 Å². The Kier molecular flexibility index (Phi) is 6.05. The molecule has 0 radical (unpaired) electrons. The molecule has 4 nitrogen and oxygen atoms in total. The van der Waals surface area contributed by atoms with Gasteiger partial charge in [0.1, 0.15) is 5.82 Å². The van der Waals surface area contributed by atoms with Crippen LogP contribution in [0.3, 0.4) is 0 Å². The van der Waals surface area contributed by atoms with Crippen LogP contribution in [0.5, 0.6) is 11.5 Å². The summed E-state index contributed by atoms with van der Waals surface area (Å²) in [6.07, 6.45) is 0.514. The van der Waals surface area contributed by atoms with Gasteiger partial charge in [0.15, 0.2) is 11.5 Å².